The van der Waals surface area contributed by atoms with Gasteiger partial charge in [0.05, 0.1) is 0 Å². The molecule has 1 spiro atoms. The van der Waals surface area contributed by atoms with Crippen LogP contribution < -0.4 is 4.90 Å². The number of hydrogen-bond donors (Lipinski definition) is 0. The Morgan fingerprint density at radius 3 is 2.42 bits per heavy atom. The van der Waals surface area contributed by atoms with Crippen molar-refractivity contribution in [1.29, 1.82) is 0 Å². The van der Waals surface area contributed by atoms with Crippen molar-refractivity contribution in [2.75, 3.05) is 37.6 Å². The van der Waals surface area contributed by atoms with E-state index >= 15 is 0 Å². The number of anilines is 1. The molecule has 0 N–H and O–H groups in total. The molecule has 2 heteroatoms. The average Bonchev–Trinajstić information content (AvgIpc) is 3.15. The molecule has 1 aromatic rings. The minimum absolute atomic E-state index is 0.670. The van der Waals surface area contributed by atoms with Crippen LogP contribution in [0.3, 0.4) is 0 Å². The van der Waals surface area contributed by atoms with Crippen LogP contribution in [0.5, 0.6) is 0 Å². The van der Waals surface area contributed by atoms with Gasteiger partial charge in [-0.15, -0.1) is 0 Å². The van der Waals surface area contributed by atoms with Gasteiger partial charge in [-0.25, -0.2) is 0 Å². The first kappa shape index (κ1) is 18.1. The second kappa shape index (κ2) is 8.17. The minimum atomic E-state index is 0.670. The first-order valence-electron chi connectivity index (χ1n) is 11.1. The van der Waals surface area contributed by atoms with Crippen molar-refractivity contribution >= 4 is 11.3 Å². The van der Waals surface area contributed by atoms with Gasteiger partial charge in [-0.1, -0.05) is 50.5 Å². The Labute approximate surface area is 160 Å². The Hall–Kier alpha value is -1.28. The fraction of sp³-hybridized carbons (Fsp3) is 0.667. The molecule has 2 fully saturated rings. The molecule has 1 saturated carbocycles. The summed E-state index contributed by atoms with van der Waals surface area (Å²) in [4.78, 5) is 5.28. The maximum atomic E-state index is 2.65. The summed E-state index contributed by atoms with van der Waals surface area (Å²) in [5.41, 5.74) is 5.29. The largest absolute Gasteiger partial charge is 0.368 e. The van der Waals surface area contributed by atoms with Crippen LogP contribution in [0.25, 0.3) is 5.57 Å². The molecule has 0 bridgehead atoms. The van der Waals surface area contributed by atoms with Crippen molar-refractivity contribution in [3.8, 4) is 0 Å². The third-order valence-corrected chi connectivity index (χ3v) is 7.16. The second-order valence-corrected chi connectivity index (χ2v) is 8.84. The number of unbranched alkanes of at least 4 members (excludes halogenated alkanes) is 1. The van der Waals surface area contributed by atoms with E-state index in [-0.39, 0.29) is 0 Å². The van der Waals surface area contributed by atoms with Gasteiger partial charge in [0.15, 0.2) is 0 Å². The average molecular weight is 353 g/mol. The first-order chi connectivity index (χ1) is 12.8. The van der Waals surface area contributed by atoms with Gasteiger partial charge in [-0.2, -0.15) is 0 Å². The minimum Gasteiger partial charge on any atom is -0.368 e. The Kier molecular flexibility index (Phi) is 5.69. The molecule has 142 valence electrons. The van der Waals surface area contributed by atoms with Crippen molar-refractivity contribution in [3.05, 3.63) is 35.9 Å². The summed E-state index contributed by atoms with van der Waals surface area (Å²) in [7, 11) is 0. The topological polar surface area (TPSA) is 6.48 Å². The number of rotatable bonds is 5. The van der Waals surface area contributed by atoms with E-state index < -0.39 is 0 Å². The van der Waals surface area contributed by atoms with E-state index in [9.17, 15) is 0 Å². The third-order valence-electron chi connectivity index (χ3n) is 7.16. The number of hydrogen-bond acceptors (Lipinski definition) is 2. The van der Waals surface area contributed by atoms with Crippen molar-refractivity contribution in [1.82, 2.24) is 4.90 Å². The lowest BCUT2D eigenvalue weighted by Gasteiger charge is -2.38. The molecule has 2 nitrogen and oxygen atoms in total. The highest BCUT2D eigenvalue weighted by Gasteiger charge is 2.35. The summed E-state index contributed by atoms with van der Waals surface area (Å²) in [6, 6.07) is 9.19. The van der Waals surface area contributed by atoms with E-state index in [1.54, 1.807) is 5.57 Å². The highest BCUT2D eigenvalue weighted by molar-refractivity contribution is 5.77. The fourth-order valence-corrected chi connectivity index (χ4v) is 5.38. The van der Waals surface area contributed by atoms with Crippen molar-refractivity contribution in [3.63, 3.8) is 0 Å². The zero-order valence-corrected chi connectivity index (χ0v) is 16.7. The predicted molar refractivity (Wildman–Crippen MR) is 113 cm³/mol. The van der Waals surface area contributed by atoms with Gasteiger partial charge in [-0.05, 0) is 62.1 Å². The van der Waals surface area contributed by atoms with Crippen LogP contribution >= 0.6 is 0 Å². The lowest BCUT2D eigenvalue weighted by molar-refractivity contribution is 0.254. The number of allylic oxidation sites excluding steroid dienone is 2. The summed E-state index contributed by atoms with van der Waals surface area (Å²) >= 11 is 0. The van der Waals surface area contributed by atoms with Crippen molar-refractivity contribution in [2.24, 2.45) is 5.41 Å². The van der Waals surface area contributed by atoms with Crippen LogP contribution in [-0.2, 0) is 0 Å². The van der Waals surface area contributed by atoms with Crippen LogP contribution in [0.1, 0.15) is 70.3 Å². The third kappa shape index (κ3) is 3.86. The van der Waals surface area contributed by atoms with Crippen molar-refractivity contribution < 1.29 is 0 Å². The number of benzene rings is 1. The quantitative estimate of drug-likeness (QED) is 0.667. The van der Waals surface area contributed by atoms with Crippen LogP contribution in [-0.4, -0.2) is 37.6 Å². The van der Waals surface area contributed by atoms with Crippen LogP contribution in [0, 0.1) is 5.41 Å². The maximum Gasteiger partial charge on any atom is 0.0443 e. The molecule has 1 aromatic carbocycles. The highest BCUT2D eigenvalue weighted by Crippen LogP contribution is 2.50. The summed E-state index contributed by atoms with van der Waals surface area (Å²) in [5.74, 6) is 0. The maximum absolute atomic E-state index is 2.65. The second-order valence-electron chi connectivity index (χ2n) is 8.84. The molecule has 0 aromatic heterocycles. The molecule has 26 heavy (non-hydrogen) atoms. The zero-order chi connectivity index (χ0) is 17.8. The molecule has 2 aliphatic carbocycles. The van der Waals surface area contributed by atoms with Crippen LogP contribution in [0.2, 0.25) is 0 Å². The Morgan fingerprint density at radius 2 is 1.73 bits per heavy atom. The van der Waals surface area contributed by atoms with Gasteiger partial charge in [0, 0.05) is 37.4 Å². The molecule has 0 amide bonds. The molecular formula is C24H36N2. The van der Waals surface area contributed by atoms with Gasteiger partial charge in [-0.3, -0.25) is 4.90 Å². The van der Waals surface area contributed by atoms with E-state index in [4.69, 9.17) is 0 Å². The van der Waals surface area contributed by atoms with Crippen LogP contribution in [0.4, 0.5) is 5.69 Å². The molecule has 0 unspecified atom stereocenters. The molecule has 3 aliphatic rings. The number of para-hydroxylation sites is 1. The van der Waals surface area contributed by atoms with Gasteiger partial charge < -0.3 is 4.90 Å². The van der Waals surface area contributed by atoms with E-state index in [1.165, 1.54) is 102 Å². The molecule has 0 radical (unpaired) electrons. The van der Waals surface area contributed by atoms with E-state index in [0.717, 1.165) is 0 Å². The lowest BCUT2D eigenvalue weighted by Crippen LogP contribution is -2.46. The van der Waals surface area contributed by atoms with E-state index in [2.05, 4.69) is 47.1 Å². The Morgan fingerprint density at radius 1 is 0.962 bits per heavy atom. The zero-order valence-electron chi connectivity index (χ0n) is 16.7. The molecule has 0 atom stereocenters. The molecule has 1 heterocycles. The van der Waals surface area contributed by atoms with Gasteiger partial charge in [0.1, 0.15) is 0 Å². The van der Waals surface area contributed by atoms with Crippen molar-refractivity contribution in [2.45, 2.75) is 64.7 Å². The SMILES string of the molecule is CCCCN1CCN(c2ccccc2C2=CCC3(CCCC3)CC2)CC1. The summed E-state index contributed by atoms with van der Waals surface area (Å²) in [5, 5.41) is 0. The first-order valence-corrected chi connectivity index (χ1v) is 11.1. The van der Waals surface area contributed by atoms with Crippen LogP contribution in [0.15, 0.2) is 30.3 Å². The van der Waals surface area contributed by atoms with Gasteiger partial charge in [0.2, 0.25) is 0 Å². The van der Waals surface area contributed by atoms with E-state index in [0.29, 0.717) is 5.41 Å². The smallest absolute Gasteiger partial charge is 0.0443 e. The van der Waals surface area contributed by atoms with Gasteiger partial charge in [0.25, 0.3) is 0 Å². The highest BCUT2D eigenvalue weighted by atomic mass is 15.3. The summed E-state index contributed by atoms with van der Waals surface area (Å²) in [6.07, 6.45) is 15.1. The number of piperazine rings is 1. The standard InChI is InChI=1S/C24H36N2/c1-2-3-16-25-17-19-26(20-18-25)23-9-5-4-8-22(23)21-10-14-24(15-11-21)12-6-7-13-24/h4-5,8-10H,2-3,6-7,11-20H2,1H3. The van der Waals surface area contributed by atoms with E-state index in [1.807, 2.05) is 0 Å². The normalized spacial score (nSPS) is 23.4. The summed E-state index contributed by atoms with van der Waals surface area (Å²) in [6.45, 7) is 8.36. The summed E-state index contributed by atoms with van der Waals surface area (Å²) < 4.78 is 0. The monoisotopic (exact) mass is 352 g/mol. The Bertz CT molecular complexity index is 619. The molecular weight excluding hydrogens is 316 g/mol. The predicted octanol–water partition coefficient (Wildman–Crippen LogP) is 5.74. The van der Waals surface area contributed by atoms with Gasteiger partial charge >= 0.3 is 0 Å². The number of nitrogens with zero attached hydrogens (tertiary/aromatic N) is 2. The molecule has 1 aliphatic heterocycles. The molecule has 1 saturated heterocycles. The molecule has 4 rings (SSSR count). The fourth-order valence-electron chi connectivity index (χ4n) is 5.38. The lowest BCUT2D eigenvalue weighted by atomic mass is 9.72. The Balaban J connectivity index is 1.45.